The Morgan fingerprint density at radius 3 is 2.74 bits per heavy atom. The van der Waals surface area contributed by atoms with Gasteiger partial charge in [-0.1, -0.05) is 6.07 Å². The third-order valence-corrected chi connectivity index (χ3v) is 2.83. The molecule has 2 N–H and O–H groups in total. The quantitative estimate of drug-likeness (QED) is 0.894. The molecule has 1 fully saturated rings. The van der Waals surface area contributed by atoms with Crippen molar-refractivity contribution in [1.82, 2.24) is 4.90 Å². The van der Waals surface area contributed by atoms with Gasteiger partial charge in [-0.2, -0.15) is 0 Å². The van der Waals surface area contributed by atoms with E-state index in [1.54, 1.807) is 0 Å². The summed E-state index contributed by atoms with van der Waals surface area (Å²) in [6.07, 6.45) is -4.07. The Labute approximate surface area is 107 Å². The van der Waals surface area contributed by atoms with E-state index in [-0.39, 0.29) is 17.5 Å². The summed E-state index contributed by atoms with van der Waals surface area (Å²) in [5, 5.41) is 0. The van der Waals surface area contributed by atoms with Gasteiger partial charge in [-0.15, -0.1) is 13.2 Å². The van der Waals surface area contributed by atoms with Crippen LogP contribution in [-0.4, -0.2) is 36.3 Å². The van der Waals surface area contributed by atoms with Crippen LogP contribution in [0.25, 0.3) is 0 Å². The lowest BCUT2D eigenvalue weighted by molar-refractivity contribution is -0.274. The van der Waals surface area contributed by atoms with Crippen LogP contribution in [0.1, 0.15) is 16.8 Å². The van der Waals surface area contributed by atoms with Gasteiger partial charge in [-0.3, -0.25) is 4.79 Å². The second-order valence-corrected chi connectivity index (χ2v) is 4.38. The van der Waals surface area contributed by atoms with Crippen molar-refractivity contribution >= 4 is 5.91 Å². The van der Waals surface area contributed by atoms with E-state index in [2.05, 4.69) is 4.74 Å². The predicted molar refractivity (Wildman–Crippen MR) is 61.6 cm³/mol. The van der Waals surface area contributed by atoms with Crippen LogP contribution in [0.4, 0.5) is 13.2 Å². The molecule has 4 nitrogen and oxygen atoms in total. The van der Waals surface area contributed by atoms with Gasteiger partial charge >= 0.3 is 6.36 Å². The smallest absolute Gasteiger partial charge is 0.406 e. The first-order valence-electron chi connectivity index (χ1n) is 5.76. The van der Waals surface area contributed by atoms with Crippen molar-refractivity contribution in [3.63, 3.8) is 0 Å². The average Bonchev–Trinajstić information content (AvgIpc) is 2.73. The molecule has 0 saturated carbocycles. The fraction of sp³-hybridized carbons (Fsp3) is 0.417. The van der Waals surface area contributed by atoms with Gasteiger partial charge in [0.15, 0.2) is 0 Å². The Bertz CT molecular complexity index is 476. The first-order valence-corrected chi connectivity index (χ1v) is 5.76. The highest BCUT2D eigenvalue weighted by atomic mass is 19.4. The summed E-state index contributed by atoms with van der Waals surface area (Å²) in [6.45, 7) is 0.938. The van der Waals surface area contributed by atoms with Crippen LogP contribution in [0, 0.1) is 0 Å². The summed E-state index contributed by atoms with van der Waals surface area (Å²) >= 11 is 0. The second-order valence-electron chi connectivity index (χ2n) is 4.38. The lowest BCUT2D eigenvalue weighted by Gasteiger charge is -2.16. The van der Waals surface area contributed by atoms with Crippen LogP contribution in [0.3, 0.4) is 0 Å². The molecule has 0 spiro atoms. The monoisotopic (exact) mass is 274 g/mol. The summed E-state index contributed by atoms with van der Waals surface area (Å²) in [5.41, 5.74) is 5.85. The fourth-order valence-electron chi connectivity index (χ4n) is 1.98. The number of likely N-dealkylation sites (tertiary alicyclic amines) is 1. The van der Waals surface area contributed by atoms with E-state index >= 15 is 0 Å². The Balaban J connectivity index is 2.12. The maximum atomic E-state index is 12.1. The van der Waals surface area contributed by atoms with Gasteiger partial charge in [0.1, 0.15) is 5.75 Å². The van der Waals surface area contributed by atoms with Crippen LogP contribution in [0.5, 0.6) is 5.75 Å². The number of alkyl halides is 3. The Hall–Kier alpha value is -1.76. The van der Waals surface area contributed by atoms with Crippen LogP contribution >= 0.6 is 0 Å². The standard InChI is InChI=1S/C12H13F3N2O2/c13-12(14,15)19-10-3-1-2-8(6-10)11(18)17-5-4-9(16)7-17/h1-3,6,9H,4-5,7,16H2/t9-/m1/s1. The SMILES string of the molecule is N[C@@H]1CCN(C(=O)c2cccc(OC(F)(F)F)c2)C1. The zero-order valence-electron chi connectivity index (χ0n) is 9.98. The zero-order chi connectivity index (χ0) is 14.0. The number of halogens is 3. The van der Waals surface area contributed by atoms with Gasteiger partial charge in [-0.05, 0) is 24.6 Å². The molecule has 104 valence electrons. The summed E-state index contributed by atoms with van der Waals surface area (Å²) in [6, 6.07) is 4.97. The van der Waals surface area contributed by atoms with Crippen molar-refractivity contribution in [1.29, 1.82) is 0 Å². The van der Waals surface area contributed by atoms with Crippen LogP contribution in [-0.2, 0) is 0 Å². The molecule has 0 radical (unpaired) electrons. The predicted octanol–water partition coefficient (Wildman–Crippen LogP) is 1.76. The van der Waals surface area contributed by atoms with E-state index in [9.17, 15) is 18.0 Å². The lowest BCUT2D eigenvalue weighted by atomic mass is 10.2. The Kier molecular flexibility index (Phi) is 3.66. The number of hydrogen-bond donors (Lipinski definition) is 1. The molecular weight excluding hydrogens is 261 g/mol. The molecule has 1 heterocycles. The van der Waals surface area contributed by atoms with E-state index in [4.69, 9.17) is 5.73 Å². The van der Waals surface area contributed by atoms with Crippen molar-refractivity contribution in [3.05, 3.63) is 29.8 Å². The number of nitrogens with two attached hydrogens (primary N) is 1. The van der Waals surface area contributed by atoms with Crippen molar-refractivity contribution < 1.29 is 22.7 Å². The molecule has 1 atom stereocenters. The molecule has 7 heteroatoms. The van der Waals surface area contributed by atoms with Gasteiger partial charge in [0.25, 0.3) is 5.91 Å². The van der Waals surface area contributed by atoms with E-state index in [0.29, 0.717) is 19.5 Å². The van der Waals surface area contributed by atoms with Crippen molar-refractivity contribution in [3.8, 4) is 5.75 Å². The number of hydrogen-bond acceptors (Lipinski definition) is 3. The number of nitrogens with zero attached hydrogens (tertiary/aromatic N) is 1. The minimum atomic E-state index is -4.77. The molecule has 1 aromatic carbocycles. The lowest BCUT2D eigenvalue weighted by Crippen LogP contribution is -2.31. The molecular formula is C12H13F3N2O2. The van der Waals surface area contributed by atoms with Gasteiger partial charge in [-0.25, -0.2) is 0 Å². The fourth-order valence-corrected chi connectivity index (χ4v) is 1.98. The molecule has 1 saturated heterocycles. The van der Waals surface area contributed by atoms with Gasteiger partial charge in [0, 0.05) is 24.7 Å². The third kappa shape index (κ3) is 3.60. The number of ether oxygens (including phenoxy) is 1. The van der Waals surface area contributed by atoms with Gasteiger partial charge < -0.3 is 15.4 Å². The molecule has 19 heavy (non-hydrogen) atoms. The molecule has 1 aliphatic rings. The highest BCUT2D eigenvalue weighted by Crippen LogP contribution is 2.24. The van der Waals surface area contributed by atoms with E-state index in [1.165, 1.54) is 17.0 Å². The van der Waals surface area contributed by atoms with Crippen LogP contribution < -0.4 is 10.5 Å². The van der Waals surface area contributed by atoms with Crippen molar-refractivity contribution in [2.24, 2.45) is 5.73 Å². The Morgan fingerprint density at radius 1 is 1.42 bits per heavy atom. The first-order chi connectivity index (χ1) is 8.85. The topological polar surface area (TPSA) is 55.6 Å². The van der Waals surface area contributed by atoms with Crippen molar-refractivity contribution in [2.75, 3.05) is 13.1 Å². The molecule has 1 aliphatic heterocycles. The number of rotatable bonds is 2. The number of carbonyl (C=O) groups is 1. The molecule has 1 amide bonds. The largest absolute Gasteiger partial charge is 0.573 e. The average molecular weight is 274 g/mol. The summed E-state index contributed by atoms with van der Waals surface area (Å²) < 4.78 is 40.1. The minimum absolute atomic E-state index is 0.0708. The molecule has 1 aromatic rings. The van der Waals surface area contributed by atoms with E-state index < -0.39 is 12.1 Å². The highest BCUT2D eigenvalue weighted by Gasteiger charge is 2.31. The second kappa shape index (κ2) is 5.08. The maximum absolute atomic E-state index is 12.1. The van der Waals surface area contributed by atoms with E-state index in [1.807, 2.05) is 0 Å². The zero-order valence-corrected chi connectivity index (χ0v) is 9.98. The van der Waals surface area contributed by atoms with Crippen LogP contribution in [0.2, 0.25) is 0 Å². The molecule has 0 unspecified atom stereocenters. The summed E-state index contributed by atoms with van der Waals surface area (Å²) in [5.74, 6) is -0.734. The number of benzene rings is 1. The van der Waals surface area contributed by atoms with Crippen molar-refractivity contribution in [2.45, 2.75) is 18.8 Å². The number of amides is 1. The van der Waals surface area contributed by atoms with Gasteiger partial charge in [0.05, 0.1) is 0 Å². The van der Waals surface area contributed by atoms with Gasteiger partial charge in [0.2, 0.25) is 0 Å². The van der Waals surface area contributed by atoms with E-state index in [0.717, 1.165) is 12.1 Å². The minimum Gasteiger partial charge on any atom is -0.406 e. The molecule has 0 aromatic heterocycles. The van der Waals surface area contributed by atoms with Crippen LogP contribution in [0.15, 0.2) is 24.3 Å². The first kappa shape index (κ1) is 13.7. The third-order valence-electron chi connectivity index (χ3n) is 2.83. The molecule has 2 rings (SSSR count). The Morgan fingerprint density at radius 2 is 2.16 bits per heavy atom. The maximum Gasteiger partial charge on any atom is 0.573 e. The molecule has 0 aliphatic carbocycles. The number of carbonyl (C=O) groups excluding carboxylic acids is 1. The normalized spacial score (nSPS) is 19.6. The molecule has 0 bridgehead atoms. The highest BCUT2D eigenvalue weighted by molar-refractivity contribution is 5.94. The summed E-state index contributed by atoms with van der Waals surface area (Å²) in [7, 11) is 0. The summed E-state index contributed by atoms with van der Waals surface area (Å²) in [4.78, 5) is 13.6.